The van der Waals surface area contributed by atoms with Crippen LogP contribution in [-0.2, 0) is 20.6 Å². The molecule has 1 amide bonds. The molecule has 0 saturated carbocycles. The summed E-state index contributed by atoms with van der Waals surface area (Å²) in [6.07, 6.45) is 1.34. The number of sulfonamides is 1. The zero-order chi connectivity index (χ0) is 18.0. The van der Waals surface area contributed by atoms with Gasteiger partial charge in [0, 0.05) is 34.9 Å². The maximum absolute atomic E-state index is 13.8. The van der Waals surface area contributed by atoms with Gasteiger partial charge in [-0.25, -0.2) is 12.8 Å². The summed E-state index contributed by atoms with van der Waals surface area (Å²) in [4.78, 5) is 13.4. The van der Waals surface area contributed by atoms with Crippen molar-refractivity contribution in [2.75, 3.05) is 16.2 Å². The summed E-state index contributed by atoms with van der Waals surface area (Å²) in [7, 11) is -3.83. The lowest BCUT2D eigenvalue weighted by Gasteiger charge is -2.16. The predicted octanol–water partition coefficient (Wildman–Crippen LogP) is 3.55. The number of amides is 1. The van der Waals surface area contributed by atoms with Crippen LogP contribution in [0.1, 0.15) is 18.4 Å². The minimum Gasteiger partial charge on any atom is -0.312 e. The molecule has 2 aromatic rings. The molecular formula is C17H16ClFN2O3S. The fourth-order valence-electron chi connectivity index (χ4n) is 2.71. The highest BCUT2D eigenvalue weighted by molar-refractivity contribution is 7.91. The molecule has 1 saturated heterocycles. The largest absolute Gasteiger partial charge is 0.312 e. The number of anilines is 2. The molecule has 132 valence electrons. The van der Waals surface area contributed by atoms with Crippen molar-refractivity contribution in [3.8, 4) is 0 Å². The van der Waals surface area contributed by atoms with Gasteiger partial charge < -0.3 is 4.90 Å². The minimum atomic E-state index is -3.83. The highest BCUT2D eigenvalue weighted by Crippen LogP contribution is 2.25. The van der Waals surface area contributed by atoms with Crippen LogP contribution in [0.4, 0.5) is 15.8 Å². The second-order valence-electron chi connectivity index (χ2n) is 5.76. The molecule has 3 rings (SSSR count). The van der Waals surface area contributed by atoms with Crippen molar-refractivity contribution in [2.24, 2.45) is 0 Å². The van der Waals surface area contributed by atoms with E-state index in [1.807, 2.05) is 0 Å². The molecule has 1 aliphatic heterocycles. The molecule has 1 aliphatic rings. The van der Waals surface area contributed by atoms with Crippen molar-refractivity contribution in [1.29, 1.82) is 0 Å². The maximum atomic E-state index is 13.8. The average molecular weight is 383 g/mol. The molecule has 1 heterocycles. The van der Waals surface area contributed by atoms with Crippen LogP contribution in [0.5, 0.6) is 0 Å². The quantitative estimate of drug-likeness (QED) is 0.860. The van der Waals surface area contributed by atoms with Gasteiger partial charge in [-0.3, -0.25) is 9.52 Å². The van der Waals surface area contributed by atoms with Crippen molar-refractivity contribution in [1.82, 2.24) is 0 Å². The van der Waals surface area contributed by atoms with E-state index in [1.165, 1.54) is 18.2 Å². The number of hydrogen-bond donors (Lipinski definition) is 1. The van der Waals surface area contributed by atoms with E-state index in [1.54, 1.807) is 29.2 Å². The monoisotopic (exact) mass is 382 g/mol. The van der Waals surface area contributed by atoms with Gasteiger partial charge in [-0.1, -0.05) is 17.7 Å². The summed E-state index contributed by atoms with van der Waals surface area (Å²) in [6, 6.07) is 10.5. The minimum absolute atomic E-state index is 0.0579. The molecule has 0 unspecified atom stereocenters. The summed E-state index contributed by atoms with van der Waals surface area (Å²) >= 11 is 5.88. The molecule has 1 N–H and O–H groups in total. The number of nitrogens with one attached hydrogen (secondary N) is 1. The normalized spacial score (nSPS) is 14.8. The van der Waals surface area contributed by atoms with Gasteiger partial charge in [-0.15, -0.1) is 0 Å². The number of halogens is 2. The number of carbonyl (C=O) groups excluding carboxylic acids is 1. The Morgan fingerprint density at radius 2 is 1.88 bits per heavy atom. The van der Waals surface area contributed by atoms with Gasteiger partial charge in [0.15, 0.2) is 0 Å². The van der Waals surface area contributed by atoms with Crippen LogP contribution < -0.4 is 9.62 Å². The van der Waals surface area contributed by atoms with Crippen molar-refractivity contribution in [2.45, 2.75) is 18.6 Å². The molecule has 0 aliphatic carbocycles. The Balaban J connectivity index is 1.74. The summed E-state index contributed by atoms with van der Waals surface area (Å²) in [5, 5.41) is 0.0632. The van der Waals surface area contributed by atoms with E-state index in [9.17, 15) is 17.6 Å². The lowest BCUT2D eigenvalue weighted by atomic mass is 10.2. The summed E-state index contributed by atoms with van der Waals surface area (Å²) in [5.74, 6) is -1.17. The van der Waals surface area contributed by atoms with E-state index in [4.69, 9.17) is 11.6 Å². The molecule has 1 fully saturated rings. The van der Waals surface area contributed by atoms with Crippen LogP contribution in [-0.4, -0.2) is 20.9 Å². The molecule has 8 heteroatoms. The maximum Gasteiger partial charge on any atom is 0.237 e. The standard InChI is InChI=1S/C17H16ClFN2O3S/c18-15-3-1-4-16(19)14(15)11-25(23,24)20-12-6-8-13(9-7-12)21-10-2-5-17(21)22/h1,3-4,6-9,20H,2,5,10-11H2. The number of carbonyl (C=O) groups is 1. The molecule has 25 heavy (non-hydrogen) atoms. The van der Waals surface area contributed by atoms with Crippen molar-refractivity contribution in [3.63, 3.8) is 0 Å². The van der Waals surface area contributed by atoms with Gasteiger partial charge in [0.2, 0.25) is 15.9 Å². The highest BCUT2D eigenvalue weighted by atomic mass is 35.5. The summed E-state index contributed by atoms with van der Waals surface area (Å²) in [6.45, 7) is 0.662. The van der Waals surface area contributed by atoms with Gasteiger partial charge in [0.1, 0.15) is 5.82 Å². The van der Waals surface area contributed by atoms with Gasteiger partial charge in [0.25, 0.3) is 0 Å². The number of nitrogens with zero attached hydrogens (tertiary/aromatic N) is 1. The third kappa shape index (κ3) is 4.11. The first-order valence-electron chi connectivity index (χ1n) is 7.69. The second-order valence-corrected chi connectivity index (χ2v) is 7.89. The first kappa shape index (κ1) is 17.7. The highest BCUT2D eigenvalue weighted by Gasteiger charge is 2.22. The van der Waals surface area contributed by atoms with Gasteiger partial charge in [-0.05, 0) is 42.8 Å². The zero-order valence-electron chi connectivity index (χ0n) is 13.2. The van der Waals surface area contributed by atoms with E-state index in [0.29, 0.717) is 18.7 Å². The van der Waals surface area contributed by atoms with Crippen LogP contribution in [0.2, 0.25) is 5.02 Å². The molecule has 0 bridgehead atoms. The molecule has 0 radical (unpaired) electrons. The third-order valence-corrected chi connectivity index (χ3v) is 5.49. The van der Waals surface area contributed by atoms with Crippen LogP contribution >= 0.6 is 11.6 Å². The third-order valence-electron chi connectivity index (χ3n) is 3.92. The predicted molar refractivity (Wildman–Crippen MR) is 95.7 cm³/mol. The Kier molecular flexibility index (Phi) is 4.96. The van der Waals surface area contributed by atoms with Gasteiger partial charge in [-0.2, -0.15) is 0 Å². The number of rotatable bonds is 5. The lowest BCUT2D eigenvalue weighted by molar-refractivity contribution is -0.117. The van der Waals surface area contributed by atoms with E-state index in [-0.39, 0.29) is 16.5 Å². The van der Waals surface area contributed by atoms with Crippen LogP contribution in [0.25, 0.3) is 0 Å². The molecular weight excluding hydrogens is 367 g/mol. The van der Waals surface area contributed by atoms with E-state index < -0.39 is 21.6 Å². The van der Waals surface area contributed by atoms with Crippen LogP contribution in [0.15, 0.2) is 42.5 Å². The SMILES string of the molecule is O=C1CCCN1c1ccc(NS(=O)(=O)Cc2c(F)cccc2Cl)cc1. The van der Waals surface area contributed by atoms with Crippen LogP contribution in [0, 0.1) is 5.82 Å². The molecule has 0 spiro atoms. The van der Waals surface area contributed by atoms with Gasteiger partial charge in [0.05, 0.1) is 5.75 Å². The number of hydrogen-bond acceptors (Lipinski definition) is 3. The van der Waals surface area contributed by atoms with Crippen molar-refractivity contribution in [3.05, 3.63) is 58.9 Å². The summed E-state index contributed by atoms with van der Waals surface area (Å²) in [5.41, 5.74) is 0.987. The Labute approximate surface area is 150 Å². The lowest BCUT2D eigenvalue weighted by Crippen LogP contribution is -2.23. The first-order valence-corrected chi connectivity index (χ1v) is 9.72. The van der Waals surface area contributed by atoms with E-state index in [0.717, 1.165) is 12.1 Å². The first-order chi connectivity index (χ1) is 11.9. The zero-order valence-corrected chi connectivity index (χ0v) is 14.8. The Hall–Kier alpha value is -2.12. The second kappa shape index (κ2) is 7.01. The fourth-order valence-corrected chi connectivity index (χ4v) is 4.26. The average Bonchev–Trinajstić information content (AvgIpc) is 2.98. The van der Waals surface area contributed by atoms with Crippen molar-refractivity contribution < 1.29 is 17.6 Å². The van der Waals surface area contributed by atoms with Gasteiger partial charge >= 0.3 is 0 Å². The summed E-state index contributed by atoms with van der Waals surface area (Å²) < 4.78 is 40.7. The van der Waals surface area contributed by atoms with E-state index in [2.05, 4.69) is 4.72 Å². The fraction of sp³-hybridized carbons (Fsp3) is 0.235. The topological polar surface area (TPSA) is 66.5 Å². The Bertz CT molecular complexity index is 880. The molecule has 0 atom stereocenters. The number of benzene rings is 2. The van der Waals surface area contributed by atoms with Crippen molar-refractivity contribution >= 4 is 38.9 Å². The van der Waals surface area contributed by atoms with Crippen LogP contribution in [0.3, 0.4) is 0 Å². The smallest absolute Gasteiger partial charge is 0.237 e. The molecule has 2 aromatic carbocycles. The van der Waals surface area contributed by atoms with E-state index >= 15 is 0 Å². The Morgan fingerprint density at radius 3 is 2.48 bits per heavy atom. The Morgan fingerprint density at radius 1 is 1.16 bits per heavy atom. The molecule has 0 aromatic heterocycles. The molecule has 5 nitrogen and oxygen atoms in total.